The lowest BCUT2D eigenvalue weighted by molar-refractivity contribution is 0.0820. The van der Waals surface area contributed by atoms with Crippen LogP contribution in [0.3, 0.4) is 0 Å². The number of aryl methyl sites for hydroxylation is 2. The van der Waals surface area contributed by atoms with Gasteiger partial charge >= 0.3 is 0 Å². The van der Waals surface area contributed by atoms with E-state index in [0.717, 1.165) is 35.1 Å². The van der Waals surface area contributed by atoms with Gasteiger partial charge in [0.1, 0.15) is 0 Å². The van der Waals surface area contributed by atoms with E-state index in [9.17, 15) is 9.59 Å². The van der Waals surface area contributed by atoms with Crippen LogP contribution < -0.4 is 5.73 Å². The van der Waals surface area contributed by atoms with Gasteiger partial charge in [-0.3, -0.25) is 9.59 Å². The summed E-state index contributed by atoms with van der Waals surface area (Å²) < 4.78 is 0. The first-order chi connectivity index (χ1) is 16.6. The summed E-state index contributed by atoms with van der Waals surface area (Å²) in [5, 5.41) is 15.5. The van der Waals surface area contributed by atoms with Gasteiger partial charge in [0.15, 0.2) is 5.82 Å². The van der Waals surface area contributed by atoms with Crippen LogP contribution in [0, 0.1) is 0 Å². The van der Waals surface area contributed by atoms with E-state index in [1.165, 1.54) is 0 Å². The van der Waals surface area contributed by atoms with Crippen molar-refractivity contribution in [2.24, 2.45) is 5.73 Å². The van der Waals surface area contributed by atoms with E-state index in [0.29, 0.717) is 36.2 Å². The van der Waals surface area contributed by atoms with Crippen molar-refractivity contribution in [1.82, 2.24) is 30.4 Å². The summed E-state index contributed by atoms with van der Waals surface area (Å²) in [6, 6.07) is 11.8. The molecule has 3 N–H and O–H groups in total. The van der Waals surface area contributed by atoms with Crippen LogP contribution in [0.1, 0.15) is 68.1 Å². The Morgan fingerprint density at radius 3 is 1.83 bits per heavy atom. The summed E-state index contributed by atoms with van der Waals surface area (Å²) in [4.78, 5) is 28.7. The van der Waals surface area contributed by atoms with Gasteiger partial charge in [-0.05, 0) is 78.6 Å². The summed E-state index contributed by atoms with van der Waals surface area (Å²) >= 11 is 0. The molecule has 9 heteroatoms. The van der Waals surface area contributed by atoms with Gasteiger partial charge < -0.3 is 15.5 Å². The topological polar surface area (TPSA) is 121 Å². The lowest BCUT2D eigenvalue weighted by Crippen LogP contribution is -2.40. The molecule has 1 saturated carbocycles. The third-order valence-corrected chi connectivity index (χ3v) is 7.34. The van der Waals surface area contributed by atoms with Crippen molar-refractivity contribution in [1.29, 1.82) is 0 Å². The fraction of sp³-hybridized carbons (Fsp3) is 0.423. The predicted molar refractivity (Wildman–Crippen MR) is 131 cm³/mol. The van der Waals surface area contributed by atoms with Crippen molar-refractivity contribution in [3.63, 3.8) is 0 Å². The maximum absolute atomic E-state index is 12.8. The Hall–Kier alpha value is -3.59. The van der Waals surface area contributed by atoms with E-state index >= 15 is 0 Å². The number of fused-ring (bicyclic) bond motifs is 2. The van der Waals surface area contributed by atoms with Crippen molar-refractivity contribution in [2.75, 3.05) is 28.2 Å². The van der Waals surface area contributed by atoms with Gasteiger partial charge in [-0.2, -0.15) is 5.21 Å². The Bertz CT molecular complexity index is 1220. The summed E-state index contributed by atoms with van der Waals surface area (Å²) in [6.45, 7) is 0. The second-order valence-corrected chi connectivity index (χ2v) is 10.3. The van der Waals surface area contributed by atoms with Crippen LogP contribution in [-0.2, 0) is 18.3 Å². The molecule has 2 aromatic carbocycles. The Kier molecular flexibility index (Phi) is 5.47. The number of nitrogens with zero attached hydrogens (tertiary/aromatic N) is 5. The number of aromatic amines is 1. The molecule has 182 valence electrons. The molecule has 0 aliphatic heterocycles. The number of amides is 2. The van der Waals surface area contributed by atoms with Crippen LogP contribution in [-0.4, -0.2) is 76.0 Å². The number of nitrogens with one attached hydrogen (secondary N) is 1. The molecule has 35 heavy (non-hydrogen) atoms. The van der Waals surface area contributed by atoms with E-state index in [1.807, 2.05) is 36.4 Å². The number of carbonyl (C=O) groups excluding carboxylic acids is 2. The van der Waals surface area contributed by atoms with Gasteiger partial charge in [-0.25, -0.2) is 0 Å². The molecule has 1 aromatic heterocycles. The van der Waals surface area contributed by atoms with Crippen LogP contribution in [0.2, 0.25) is 0 Å². The summed E-state index contributed by atoms with van der Waals surface area (Å²) in [6.07, 6.45) is 3.89. The van der Waals surface area contributed by atoms with Gasteiger partial charge in [0.05, 0.1) is 5.41 Å². The number of tetrazole rings is 1. The van der Waals surface area contributed by atoms with Crippen LogP contribution >= 0.6 is 0 Å². The van der Waals surface area contributed by atoms with Crippen molar-refractivity contribution in [3.05, 3.63) is 75.6 Å². The Morgan fingerprint density at radius 1 is 0.914 bits per heavy atom. The highest BCUT2D eigenvalue weighted by Gasteiger charge is 2.53. The van der Waals surface area contributed by atoms with E-state index in [-0.39, 0.29) is 17.4 Å². The second-order valence-electron chi connectivity index (χ2n) is 10.3. The zero-order valence-electron chi connectivity index (χ0n) is 20.6. The van der Waals surface area contributed by atoms with Crippen LogP contribution in [0.4, 0.5) is 0 Å². The quantitative estimate of drug-likeness (QED) is 0.584. The minimum absolute atomic E-state index is 0.0453. The van der Waals surface area contributed by atoms with Crippen LogP contribution in [0.5, 0.6) is 0 Å². The second kappa shape index (κ2) is 8.27. The summed E-state index contributed by atoms with van der Waals surface area (Å²) in [5.74, 6) is 0.462. The zero-order valence-corrected chi connectivity index (χ0v) is 20.6. The highest BCUT2D eigenvalue weighted by Crippen LogP contribution is 2.52. The first kappa shape index (κ1) is 23.2. The number of hydrogen-bond acceptors (Lipinski definition) is 6. The smallest absolute Gasteiger partial charge is 0.253 e. The Morgan fingerprint density at radius 2 is 1.43 bits per heavy atom. The maximum Gasteiger partial charge on any atom is 0.253 e. The fourth-order valence-electron chi connectivity index (χ4n) is 5.35. The van der Waals surface area contributed by atoms with Gasteiger partial charge in [0.2, 0.25) is 0 Å². The van der Waals surface area contributed by atoms with Crippen LogP contribution in [0.25, 0.3) is 0 Å². The normalized spacial score (nSPS) is 17.1. The van der Waals surface area contributed by atoms with E-state index < -0.39 is 5.41 Å². The van der Waals surface area contributed by atoms with Gasteiger partial charge in [-0.1, -0.05) is 17.3 Å². The molecule has 1 heterocycles. The Labute approximate surface area is 204 Å². The van der Waals surface area contributed by atoms with E-state index in [4.69, 9.17) is 5.73 Å². The third kappa shape index (κ3) is 3.89. The van der Waals surface area contributed by atoms with Gasteiger partial charge in [0.25, 0.3) is 11.8 Å². The number of H-pyrrole nitrogens is 1. The summed E-state index contributed by atoms with van der Waals surface area (Å²) in [7, 11) is 7.01. The SMILES string of the molecule is CN(C)C(=O)c1ccc2c(c1)CCc1cc(C(=O)N(C)C)ccc1C2(CC1(N)CC1)c1nn[nH]n1. The number of carbonyl (C=O) groups is 2. The standard InChI is InChI=1S/C26H31N7O2/c1-32(2)22(34)18-7-9-20-16(13-18)5-6-17-14-19(23(35)33(3)4)8-10-21(17)26(20,15-25(27)11-12-25)24-28-30-31-29-24/h7-10,13-14H,5-6,11-12,15,27H2,1-4H3,(H,28,29,30,31). The van der Waals surface area contributed by atoms with E-state index in [2.05, 4.69) is 20.6 Å². The molecule has 2 aliphatic carbocycles. The predicted octanol–water partition coefficient (Wildman–Crippen LogP) is 1.92. The molecule has 2 aliphatic rings. The molecule has 0 bridgehead atoms. The van der Waals surface area contributed by atoms with Crippen molar-refractivity contribution in [2.45, 2.75) is 43.1 Å². The number of nitrogens with two attached hydrogens (primary N) is 1. The molecule has 9 nitrogen and oxygen atoms in total. The lowest BCUT2D eigenvalue weighted by Gasteiger charge is -2.36. The molecule has 2 amide bonds. The minimum atomic E-state index is -0.751. The highest BCUT2D eigenvalue weighted by atomic mass is 16.2. The van der Waals surface area contributed by atoms with E-state index in [1.54, 1.807) is 38.0 Å². The average molecular weight is 474 g/mol. The highest BCUT2D eigenvalue weighted by molar-refractivity contribution is 5.95. The summed E-state index contributed by atoms with van der Waals surface area (Å²) in [5.41, 5.74) is 11.1. The first-order valence-electron chi connectivity index (χ1n) is 11.9. The Balaban J connectivity index is 1.77. The number of aromatic nitrogens is 4. The molecule has 0 saturated heterocycles. The third-order valence-electron chi connectivity index (χ3n) is 7.34. The molecule has 0 radical (unpaired) electrons. The molecule has 0 spiro atoms. The molecule has 0 atom stereocenters. The molecule has 5 rings (SSSR count). The maximum atomic E-state index is 12.8. The first-order valence-corrected chi connectivity index (χ1v) is 11.9. The molecule has 0 unspecified atom stereocenters. The van der Waals surface area contributed by atoms with Crippen molar-refractivity contribution >= 4 is 11.8 Å². The number of hydrogen-bond donors (Lipinski definition) is 2. The molecular formula is C26H31N7O2. The lowest BCUT2D eigenvalue weighted by atomic mass is 9.67. The van der Waals surface area contributed by atoms with Gasteiger partial charge in [-0.15, -0.1) is 10.2 Å². The largest absolute Gasteiger partial charge is 0.345 e. The van der Waals surface area contributed by atoms with Crippen molar-refractivity contribution < 1.29 is 9.59 Å². The molecule has 1 fully saturated rings. The zero-order chi connectivity index (χ0) is 25.0. The molecule has 3 aromatic rings. The number of rotatable bonds is 5. The fourth-order valence-corrected chi connectivity index (χ4v) is 5.35. The average Bonchev–Trinajstić information content (AvgIpc) is 3.34. The number of benzene rings is 2. The monoisotopic (exact) mass is 473 g/mol. The molecular weight excluding hydrogens is 442 g/mol. The van der Waals surface area contributed by atoms with Crippen molar-refractivity contribution in [3.8, 4) is 0 Å². The van der Waals surface area contributed by atoms with Gasteiger partial charge in [0, 0.05) is 44.9 Å². The van der Waals surface area contributed by atoms with Crippen LogP contribution in [0.15, 0.2) is 36.4 Å². The minimum Gasteiger partial charge on any atom is -0.345 e.